The van der Waals surface area contributed by atoms with Gasteiger partial charge >= 0.3 is 5.97 Å². The summed E-state index contributed by atoms with van der Waals surface area (Å²) in [6.45, 7) is 1.89. The van der Waals surface area contributed by atoms with Crippen molar-refractivity contribution in [1.29, 1.82) is 0 Å². The molecular weight excluding hydrogens is 292 g/mol. The van der Waals surface area contributed by atoms with Gasteiger partial charge in [0.1, 0.15) is 10.6 Å². The van der Waals surface area contributed by atoms with Gasteiger partial charge in [0.25, 0.3) is 5.91 Å². The van der Waals surface area contributed by atoms with E-state index in [1.807, 2.05) is 6.07 Å². The van der Waals surface area contributed by atoms with E-state index in [1.165, 1.54) is 0 Å². The molecule has 1 amide bonds. The number of nitrogens with zero attached hydrogens (tertiary/aromatic N) is 1. The number of ether oxygens (including phenoxy) is 1. The summed E-state index contributed by atoms with van der Waals surface area (Å²) in [5, 5.41) is 12.0. The lowest BCUT2D eigenvalue weighted by molar-refractivity contribution is 0.0697. The summed E-state index contributed by atoms with van der Waals surface area (Å²) >= 11 is 0.953. The Balaban J connectivity index is 2.29. The molecule has 1 aromatic heterocycles. The van der Waals surface area contributed by atoms with Crippen LogP contribution in [0.2, 0.25) is 0 Å². The highest BCUT2D eigenvalue weighted by Gasteiger charge is 2.20. The first kappa shape index (κ1) is 15.1. The summed E-state index contributed by atoms with van der Waals surface area (Å²) in [5.41, 5.74) is 1.59. The Kier molecular flexibility index (Phi) is 4.66. The second-order valence-corrected chi connectivity index (χ2v) is 5.09. The van der Waals surface area contributed by atoms with E-state index in [0.717, 1.165) is 17.1 Å². The zero-order valence-electron chi connectivity index (χ0n) is 11.5. The molecule has 2 N–H and O–H groups in total. The number of amides is 1. The van der Waals surface area contributed by atoms with E-state index in [0.29, 0.717) is 17.9 Å². The number of carbonyl (C=O) groups is 2. The fourth-order valence-electron chi connectivity index (χ4n) is 1.90. The third-order valence-electron chi connectivity index (χ3n) is 2.87. The molecule has 0 spiro atoms. The van der Waals surface area contributed by atoms with Crippen LogP contribution in [0.3, 0.4) is 0 Å². The smallest absolute Gasteiger partial charge is 0.340 e. The Morgan fingerprint density at radius 1 is 1.38 bits per heavy atom. The van der Waals surface area contributed by atoms with Gasteiger partial charge in [-0.2, -0.15) is 4.37 Å². The predicted octanol–water partition coefficient (Wildman–Crippen LogP) is 2.55. The van der Waals surface area contributed by atoms with Crippen molar-refractivity contribution in [1.82, 2.24) is 4.37 Å². The number of benzene rings is 1. The maximum absolute atomic E-state index is 12.3. The number of aryl methyl sites for hydroxylation is 1. The fraction of sp³-hybridized carbons (Fsp3) is 0.214. The van der Waals surface area contributed by atoms with E-state index in [9.17, 15) is 9.59 Å². The molecule has 0 unspecified atom stereocenters. The van der Waals surface area contributed by atoms with Crippen molar-refractivity contribution in [2.24, 2.45) is 0 Å². The lowest BCUT2D eigenvalue weighted by atomic mass is 10.1. The second kappa shape index (κ2) is 6.47. The van der Waals surface area contributed by atoms with Crippen LogP contribution in [-0.2, 0) is 11.3 Å². The molecule has 7 heteroatoms. The van der Waals surface area contributed by atoms with Gasteiger partial charge in [-0.25, -0.2) is 4.79 Å². The minimum absolute atomic E-state index is 0.0255. The van der Waals surface area contributed by atoms with Gasteiger partial charge in [0.05, 0.1) is 12.3 Å². The van der Waals surface area contributed by atoms with Gasteiger partial charge in [0.15, 0.2) is 0 Å². The van der Waals surface area contributed by atoms with Crippen molar-refractivity contribution in [2.45, 2.75) is 13.5 Å². The summed E-state index contributed by atoms with van der Waals surface area (Å²) in [4.78, 5) is 23.5. The van der Waals surface area contributed by atoms with Crippen molar-refractivity contribution >= 4 is 28.4 Å². The molecule has 21 heavy (non-hydrogen) atoms. The zero-order valence-corrected chi connectivity index (χ0v) is 12.4. The van der Waals surface area contributed by atoms with Crippen LogP contribution in [0.4, 0.5) is 5.00 Å². The molecule has 0 aliphatic heterocycles. The van der Waals surface area contributed by atoms with Crippen molar-refractivity contribution < 1.29 is 19.4 Å². The van der Waals surface area contributed by atoms with Crippen LogP contribution in [0.1, 0.15) is 32.0 Å². The molecular formula is C14H14N2O4S. The summed E-state index contributed by atoms with van der Waals surface area (Å²) in [6, 6.07) is 7.00. The molecule has 2 rings (SSSR count). The first-order chi connectivity index (χ1) is 10.0. The number of carboxylic acids is 1. The molecule has 0 saturated carbocycles. The van der Waals surface area contributed by atoms with Crippen LogP contribution in [0.5, 0.6) is 0 Å². The molecule has 0 aliphatic carbocycles. The van der Waals surface area contributed by atoms with E-state index in [-0.39, 0.29) is 16.5 Å². The lowest BCUT2D eigenvalue weighted by Gasteiger charge is -2.08. The first-order valence-corrected chi connectivity index (χ1v) is 6.89. The standard InChI is InChI=1S/C14H14N2O4S/c1-8-11(14(18)19)13(21-16-8)15-12(17)10-6-4-3-5-9(10)7-20-2/h3-6H,7H2,1-2H3,(H,15,17)(H,18,19). The molecule has 6 nitrogen and oxygen atoms in total. The molecule has 0 radical (unpaired) electrons. The molecule has 0 fully saturated rings. The molecule has 2 aromatic rings. The van der Waals surface area contributed by atoms with Crippen molar-refractivity contribution in [2.75, 3.05) is 12.4 Å². The monoisotopic (exact) mass is 306 g/mol. The number of carbonyl (C=O) groups excluding carboxylic acids is 1. The number of rotatable bonds is 5. The number of methoxy groups -OCH3 is 1. The Hall–Kier alpha value is -2.25. The first-order valence-electron chi connectivity index (χ1n) is 6.12. The number of nitrogens with one attached hydrogen (secondary N) is 1. The van der Waals surface area contributed by atoms with Gasteiger partial charge in [0, 0.05) is 12.7 Å². The summed E-state index contributed by atoms with van der Waals surface area (Å²) in [7, 11) is 1.55. The molecule has 110 valence electrons. The summed E-state index contributed by atoms with van der Waals surface area (Å²) < 4.78 is 9.02. The van der Waals surface area contributed by atoms with E-state index >= 15 is 0 Å². The van der Waals surface area contributed by atoms with Crippen LogP contribution in [-0.4, -0.2) is 28.5 Å². The van der Waals surface area contributed by atoms with Gasteiger partial charge in [-0.3, -0.25) is 4.79 Å². The number of anilines is 1. The van der Waals surface area contributed by atoms with Crippen LogP contribution < -0.4 is 5.32 Å². The SMILES string of the molecule is COCc1ccccc1C(=O)Nc1snc(C)c1C(=O)O. The number of carboxylic acid groups (broad SMARTS) is 1. The van der Waals surface area contributed by atoms with Crippen LogP contribution in [0.25, 0.3) is 0 Å². The number of aromatic carboxylic acids is 1. The molecule has 0 bridgehead atoms. The van der Waals surface area contributed by atoms with Gasteiger partial charge in [0.2, 0.25) is 0 Å². The maximum Gasteiger partial charge on any atom is 0.340 e. The third-order valence-corrected chi connectivity index (χ3v) is 3.72. The Morgan fingerprint density at radius 3 is 2.76 bits per heavy atom. The Morgan fingerprint density at radius 2 is 2.10 bits per heavy atom. The van der Waals surface area contributed by atoms with Crippen molar-refractivity contribution in [3.63, 3.8) is 0 Å². The van der Waals surface area contributed by atoms with Crippen LogP contribution in [0, 0.1) is 6.92 Å². The van der Waals surface area contributed by atoms with E-state index in [1.54, 1.807) is 32.2 Å². The van der Waals surface area contributed by atoms with Gasteiger partial charge in [-0.1, -0.05) is 18.2 Å². The van der Waals surface area contributed by atoms with E-state index in [4.69, 9.17) is 9.84 Å². The molecule has 1 heterocycles. The van der Waals surface area contributed by atoms with E-state index in [2.05, 4.69) is 9.69 Å². The van der Waals surface area contributed by atoms with Crippen LogP contribution >= 0.6 is 11.5 Å². The average Bonchev–Trinajstić information content (AvgIpc) is 2.80. The molecule has 0 saturated heterocycles. The minimum atomic E-state index is -1.11. The Bertz CT molecular complexity index is 681. The highest BCUT2D eigenvalue weighted by atomic mass is 32.1. The Labute approximate surface area is 125 Å². The lowest BCUT2D eigenvalue weighted by Crippen LogP contribution is -2.15. The molecule has 0 atom stereocenters. The van der Waals surface area contributed by atoms with E-state index < -0.39 is 5.97 Å². The normalized spacial score (nSPS) is 10.4. The van der Waals surface area contributed by atoms with Gasteiger partial charge < -0.3 is 15.2 Å². The highest BCUT2D eigenvalue weighted by molar-refractivity contribution is 7.11. The zero-order chi connectivity index (χ0) is 15.4. The molecule has 1 aromatic carbocycles. The largest absolute Gasteiger partial charge is 0.478 e. The number of hydrogen-bond donors (Lipinski definition) is 2. The quantitative estimate of drug-likeness (QED) is 0.886. The number of aromatic nitrogens is 1. The predicted molar refractivity (Wildman–Crippen MR) is 78.9 cm³/mol. The highest BCUT2D eigenvalue weighted by Crippen LogP contribution is 2.25. The minimum Gasteiger partial charge on any atom is -0.478 e. The van der Waals surface area contributed by atoms with Crippen molar-refractivity contribution in [3.05, 3.63) is 46.6 Å². The third kappa shape index (κ3) is 3.26. The van der Waals surface area contributed by atoms with Crippen LogP contribution in [0.15, 0.2) is 24.3 Å². The second-order valence-electron chi connectivity index (χ2n) is 4.32. The topological polar surface area (TPSA) is 88.5 Å². The van der Waals surface area contributed by atoms with Gasteiger partial charge in [-0.05, 0) is 30.1 Å². The van der Waals surface area contributed by atoms with Gasteiger partial charge in [-0.15, -0.1) is 0 Å². The average molecular weight is 306 g/mol. The van der Waals surface area contributed by atoms with Crippen molar-refractivity contribution in [3.8, 4) is 0 Å². The fourth-order valence-corrected chi connectivity index (χ4v) is 2.68. The summed E-state index contributed by atoms with van der Waals surface area (Å²) in [5.74, 6) is -1.49. The maximum atomic E-state index is 12.3. The number of hydrogen-bond acceptors (Lipinski definition) is 5. The molecule has 0 aliphatic rings. The summed E-state index contributed by atoms with van der Waals surface area (Å²) in [6.07, 6.45) is 0.